The lowest BCUT2D eigenvalue weighted by Crippen LogP contribution is -1.99. The summed E-state index contributed by atoms with van der Waals surface area (Å²) in [5.74, 6) is 0. The first-order chi connectivity index (χ1) is 44.3. The van der Waals surface area contributed by atoms with Crippen LogP contribution in [0.3, 0.4) is 0 Å². The molecule has 0 radical (unpaired) electrons. The zero-order valence-corrected chi connectivity index (χ0v) is 32.4. The Hall–Kier alpha value is -8.60. The highest BCUT2D eigenvalue weighted by Crippen LogP contribution is 2.41. The highest BCUT2D eigenvalue weighted by molar-refractivity contribution is 6.14. The van der Waals surface area contributed by atoms with Gasteiger partial charge in [0.2, 0.25) is 0 Å². The molecule has 0 N–H and O–H groups in total. The van der Waals surface area contributed by atoms with E-state index in [-0.39, 0.29) is 66.1 Å². The standard InChI is InChI=1S/C60H38N4/c1-8-25-52(64-58-31-14-7-24-49(58)51-38-42(33-35-60(51)64)63-55-28-11-4-21-46(55)47-22-5-12-29-56(47)63)43(18-1)39-16-15-17-40(36-39)61-57-30-13-6-23-48(57)50-37-41(32-34-59(50)61)62-53-26-9-2-19-44(53)45-20-3-10-27-54(45)62/h1-38H/i2D,3D,4D,5D,6D,7D,9D,10D,11D,12D,13D,14D,19D,20D,21D,22D,23D,24D,26D,27D,28D,29D,30D,31D,32D,33D,34D,35D,37D,38D. The van der Waals surface area contributed by atoms with Crippen molar-refractivity contribution in [1.82, 2.24) is 18.3 Å². The molecule has 64 heavy (non-hydrogen) atoms. The minimum atomic E-state index is -0.852. The summed E-state index contributed by atoms with van der Waals surface area (Å²) in [6, 6.07) is -10.8. The van der Waals surface area contributed by atoms with Gasteiger partial charge >= 0.3 is 0 Å². The van der Waals surface area contributed by atoms with Crippen molar-refractivity contribution in [1.29, 1.82) is 0 Å². The highest BCUT2D eigenvalue weighted by Gasteiger charge is 2.20. The second kappa shape index (κ2) is 13.4. The molecule has 0 saturated heterocycles. The largest absolute Gasteiger partial charge is 0.309 e. The molecule has 10 aromatic carbocycles. The molecule has 0 fully saturated rings. The first kappa shape index (κ1) is 16.9. The van der Waals surface area contributed by atoms with Gasteiger partial charge in [-0.2, -0.15) is 0 Å². The van der Waals surface area contributed by atoms with Crippen molar-refractivity contribution in [2.24, 2.45) is 0 Å². The third-order valence-electron chi connectivity index (χ3n) is 11.4. The fourth-order valence-corrected chi connectivity index (χ4v) is 8.75. The van der Waals surface area contributed by atoms with Crippen LogP contribution in [0.2, 0.25) is 0 Å². The van der Waals surface area contributed by atoms with E-state index in [1.165, 1.54) is 39.5 Å². The van der Waals surface area contributed by atoms with Crippen molar-refractivity contribution < 1.29 is 41.1 Å². The summed E-state index contributed by atoms with van der Waals surface area (Å²) in [5.41, 5.74) is -4.17. The third kappa shape index (κ3) is 4.93. The number of rotatable bonds is 5. The zero-order valence-electron chi connectivity index (χ0n) is 62.4. The second-order valence-electron chi connectivity index (χ2n) is 14.6. The van der Waals surface area contributed by atoms with Crippen LogP contribution in [0.25, 0.3) is 121 Å². The van der Waals surface area contributed by atoms with Crippen molar-refractivity contribution in [3.63, 3.8) is 0 Å². The Bertz CT molecular complexity index is 5840. The Morgan fingerprint density at radius 1 is 0.281 bits per heavy atom. The molecule has 0 spiro atoms. The van der Waals surface area contributed by atoms with E-state index >= 15 is 0 Å². The first-order valence-electron chi connectivity index (χ1n) is 34.6. The molecule has 0 bridgehead atoms. The van der Waals surface area contributed by atoms with Gasteiger partial charge in [-0.3, -0.25) is 0 Å². The van der Waals surface area contributed by atoms with Crippen LogP contribution in [0.1, 0.15) is 41.1 Å². The molecule has 0 aliphatic carbocycles. The van der Waals surface area contributed by atoms with E-state index in [0.717, 1.165) is 9.13 Å². The Labute approximate surface area is 410 Å². The number of benzene rings is 10. The lowest BCUT2D eigenvalue weighted by Gasteiger charge is -2.16. The predicted octanol–water partition coefficient (Wildman–Crippen LogP) is 15.7. The molecule has 4 heterocycles. The van der Waals surface area contributed by atoms with E-state index in [9.17, 15) is 13.7 Å². The summed E-state index contributed by atoms with van der Waals surface area (Å²) in [5, 5.41) is -3.10. The van der Waals surface area contributed by atoms with Crippen molar-refractivity contribution in [3.05, 3.63) is 230 Å². The fraction of sp³-hybridized carbons (Fsp3) is 0. The van der Waals surface area contributed by atoms with Gasteiger partial charge in [-0.05, 0) is 96.3 Å². The number of hydrogen-bond acceptors (Lipinski definition) is 0. The Morgan fingerprint density at radius 2 is 0.641 bits per heavy atom. The topological polar surface area (TPSA) is 19.7 Å². The van der Waals surface area contributed by atoms with Gasteiger partial charge in [0.15, 0.2) is 0 Å². The Kier molecular flexibility index (Phi) is 3.56. The van der Waals surface area contributed by atoms with Crippen LogP contribution in [0.5, 0.6) is 0 Å². The minimum absolute atomic E-state index is 0.0106. The number of nitrogens with zero attached hydrogens (tertiary/aromatic N) is 4. The van der Waals surface area contributed by atoms with Crippen LogP contribution in [-0.2, 0) is 0 Å². The van der Waals surface area contributed by atoms with E-state index in [2.05, 4.69) is 0 Å². The maximum atomic E-state index is 10.1. The normalized spacial score (nSPS) is 18.6. The molecule has 0 saturated carbocycles. The van der Waals surface area contributed by atoms with Crippen molar-refractivity contribution in [3.8, 4) is 33.9 Å². The quantitative estimate of drug-likeness (QED) is 0.164. The molecule has 14 rings (SSSR count). The summed E-state index contributed by atoms with van der Waals surface area (Å²) in [4.78, 5) is 0. The number of para-hydroxylation sites is 7. The molecule has 4 heteroatoms. The van der Waals surface area contributed by atoms with Crippen LogP contribution < -0.4 is 0 Å². The summed E-state index contributed by atoms with van der Waals surface area (Å²) in [7, 11) is 0. The first-order valence-corrected chi connectivity index (χ1v) is 19.6. The van der Waals surface area contributed by atoms with E-state index in [4.69, 9.17) is 27.4 Å². The van der Waals surface area contributed by atoms with Crippen molar-refractivity contribution in [2.75, 3.05) is 0 Å². The molecular weight excluding hydrogens is 777 g/mol. The lowest BCUT2D eigenvalue weighted by atomic mass is 10.0. The van der Waals surface area contributed by atoms with Crippen LogP contribution in [0.15, 0.2) is 230 Å². The second-order valence-corrected chi connectivity index (χ2v) is 14.6. The van der Waals surface area contributed by atoms with Crippen LogP contribution in [0.4, 0.5) is 0 Å². The monoisotopic (exact) mass is 844 g/mol. The molecule has 0 unspecified atom stereocenters. The fourth-order valence-electron chi connectivity index (χ4n) is 8.75. The SMILES string of the molecule is [2H]c1c([2H])c([2H])c2c(c1[2H])c1c([2H])c(-n3c4c([2H])c([2H])c([2H])c([2H])c4c4c([2H])c([2H])c([2H])c([2H])c43)c([2H])c([2H])c1n2-c1cccc(-c2ccccc2-n2c3c([2H])c([2H])c([2H])c([2H])c3c3c([2H])c(-n4c5c([2H])c([2H])c([2H])c([2H])c5c5c([2H])c([2H])c([2H])c([2H])c54)c([2H])c([2H])c32)c1. The van der Waals surface area contributed by atoms with E-state index in [1.807, 2.05) is 0 Å². The molecule has 14 aromatic rings. The van der Waals surface area contributed by atoms with Gasteiger partial charge in [-0.25, -0.2) is 0 Å². The summed E-state index contributed by atoms with van der Waals surface area (Å²) >= 11 is 0. The lowest BCUT2D eigenvalue weighted by molar-refractivity contribution is 1.16. The Morgan fingerprint density at radius 3 is 1.11 bits per heavy atom. The number of hydrogen-bond donors (Lipinski definition) is 0. The average molecular weight is 845 g/mol. The molecule has 4 aromatic heterocycles. The van der Waals surface area contributed by atoms with Crippen LogP contribution in [-0.4, -0.2) is 18.3 Å². The Balaban J connectivity index is 1.08. The smallest absolute Gasteiger partial charge is 0.0652 e. The zero-order chi connectivity index (χ0) is 68.0. The van der Waals surface area contributed by atoms with Crippen molar-refractivity contribution >= 4 is 87.2 Å². The van der Waals surface area contributed by atoms with Crippen LogP contribution >= 0.6 is 0 Å². The number of fused-ring (bicyclic) bond motifs is 12. The third-order valence-corrected chi connectivity index (χ3v) is 11.4. The van der Waals surface area contributed by atoms with E-state index in [1.54, 1.807) is 18.2 Å². The molecule has 0 aliphatic rings. The summed E-state index contributed by atoms with van der Waals surface area (Å²) in [6.07, 6.45) is 0. The molecule has 0 atom stereocenters. The molecule has 298 valence electrons. The van der Waals surface area contributed by atoms with Gasteiger partial charge in [0.1, 0.15) is 0 Å². The maximum absolute atomic E-state index is 10.1. The van der Waals surface area contributed by atoms with Gasteiger partial charge in [0.25, 0.3) is 0 Å². The van der Waals surface area contributed by atoms with Gasteiger partial charge < -0.3 is 18.3 Å². The van der Waals surface area contributed by atoms with E-state index in [0.29, 0.717) is 0 Å². The van der Waals surface area contributed by atoms with Gasteiger partial charge in [0, 0.05) is 65.7 Å². The highest BCUT2D eigenvalue weighted by atomic mass is 15.0. The molecule has 4 nitrogen and oxygen atoms in total. The van der Waals surface area contributed by atoms with Gasteiger partial charge in [0.05, 0.1) is 90.9 Å². The summed E-state index contributed by atoms with van der Waals surface area (Å²) < 4.78 is 279. The molecule has 0 amide bonds. The maximum Gasteiger partial charge on any atom is 0.0652 e. The van der Waals surface area contributed by atoms with E-state index < -0.39 is 236 Å². The van der Waals surface area contributed by atoms with Crippen LogP contribution in [0, 0.1) is 0 Å². The minimum Gasteiger partial charge on any atom is -0.309 e. The van der Waals surface area contributed by atoms with Crippen molar-refractivity contribution in [2.45, 2.75) is 0 Å². The molecule has 0 aliphatic heterocycles. The summed E-state index contributed by atoms with van der Waals surface area (Å²) in [6.45, 7) is 0. The predicted molar refractivity (Wildman–Crippen MR) is 269 cm³/mol. The van der Waals surface area contributed by atoms with Gasteiger partial charge in [-0.15, -0.1) is 0 Å². The molecular formula is C60H38N4. The average Bonchev–Trinajstić information content (AvgIpc) is 1.53. The number of aromatic nitrogens is 4. The van der Waals surface area contributed by atoms with Gasteiger partial charge in [-0.1, -0.05) is 139 Å².